The van der Waals surface area contributed by atoms with Crippen LogP contribution >= 0.6 is 0 Å². The fourth-order valence-corrected chi connectivity index (χ4v) is 5.95. The van der Waals surface area contributed by atoms with E-state index >= 15 is 0 Å². The number of carboxylic acids is 3. The van der Waals surface area contributed by atoms with E-state index in [1.54, 1.807) is 24.3 Å². The highest BCUT2D eigenvalue weighted by Gasteiger charge is 2.31. The van der Waals surface area contributed by atoms with Crippen molar-refractivity contribution in [3.63, 3.8) is 0 Å². The van der Waals surface area contributed by atoms with Crippen molar-refractivity contribution < 1.29 is 44.0 Å². The summed E-state index contributed by atoms with van der Waals surface area (Å²) in [6.07, 6.45) is 0.0531. The molecule has 1 aliphatic rings. The van der Waals surface area contributed by atoms with Gasteiger partial charge in [-0.05, 0) is 87.1 Å². The Morgan fingerprint density at radius 2 is 1.62 bits per heavy atom. The zero-order valence-electron chi connectivity index (χ0n) is 26.8. The normalized spacial score (nSPS) is 15.0. The van der Waals surface area contributed by atoms with Gasteiger partial charge in [0.2, 0.25) is 5.91 Å². The number of rotatable bonds is 16. The topological polar surface area (TPSA) is 228 Å². The zero-order chi connectivity index (χ0) is 35.1. The fraction of sp³-hybridized carbons (Fsp3) is 0.424. The molecule has 1 aromatic heterocycles. The van der Waals surface area contributed by atoms with Gasteiger partial charge in [-0.3, -0.25) is 19.2 Å². The standard InChI is InChI=1S/C33H39N5O10/c1-17(2)38(26-11-6-19-14-25-22(15-21(19)26)31(43)37-27(34-25)16-48-3)20-7-4-18(5-8-20)30(42)36-24(33(46)47)9-12-28(39)35-23(32(44)45)10-13-29(40)41/h4-5,7-8,14-15,17,23-24,26H,6,9-13,16H2,1-3H3,(H,35,39)(H,36,42)(H,40,41)(H,44,45)(H,46,47)(H,34,37,43)/t23-,24+,26?/m1/s1. The van der Waals surface area contributed by atoms with Crippen LogP contribution in [0.3, 0.4) is 0 Å². The molecule has 0 radical (unpaired) electrons. The molecule has 0 spiro atoms. The molecule has 3 aromatic rings. The fourth-order valence-electron chi connectivity index (χ4n) is 5.95. The van der Waals surface area contributed by atoms with Crippen molar-refractivity contribution in [2.45, 2.75) is 83.1 Å². The summed E-state index contributed by atoms with van der Waals surface area (Å²) in [6.45, 7) is 4.29. The number of aryl methyl sites for hydroxylation is 1. The maximum Gasteiger partial charge on any atom is 0.326 e. The first kappa shape index (κ1) is 35.5. The van der Waals surface area contributed by atoms with Crippen molar-refractivity contribution in [2.24, 2.45) is 0 Å². The molecule has 1 heterocycles. The minimum Gasteiger partial charge on any atom is -0.481 e. The summed E-state index contributed by atoms with van der Waals surface area (Å²) in [5.74, 6) is -5.02. The van der Waals surface area contributed by atoms with Gasteiger partial charge in [-0.25, -0.2) is 14.6 Å². The number of aliphatic carboxylic acids is 3. The molecule has 48 heavy (non-hydrogen) atoms. The summed E-state index contributed by atoms with van der Waals surface area (Å²) in [4.78, 5) is 81.6. The Hall–Kier alpha value is -5.31. The first-order valence-electron chi connectivity index (χ1n) is 15.5. The van der Waals surface area contributed by atoms with Gasteiger partial charge in [0.15, 0.2) is 0 Å². The lowest BCUT2D eigenvalue weighted by Crippen LogP contribution is -2.44. The van der Waals surface area contributed by atoms with Crippen molar-refractivity contribution in [3.8, 4) is 0 Å². The number of anilines is 1. The Bertz CT molecular complexity index is 1750. The molecule has 0 saturated heterocycles. The predicted octanol–water partition coefficient (Wildman–Crippen LogP) is 2.37. The third kappa shape index (κ3) is 8.53. The Morgan fingerprint density at radius 1 is 0.979 bits per heavy atom. The Balaban J connectivity index is 1.45. The van der Waals surface area contributed by atoms with Gasteiger partial charge < -0.3 is 40.6 Å². The van der Waals surface area contributed by atoms with Crippen LogP contribution in [0.5, 0.6) is 0 Å². The van der Waals surface area contributed by atoms with Gasteiger partial charge >= 0.3 is 17.9 Å². The molecular weight excluding hydrogens is 626 g/mol. The second-order valence-corrected chi connectivity index (χ2v) is 11.9. The molecule has 0 saturated carbocycles. The summed E-state index contributed by atoms with van der Waals surface area (Å²) < 4.78 is 5.12. The monoisotopic (exact) mass is 665 g/mol. The van der Waals surface area contributed by atoms with E-state index in [4.69, 9.17) is 9.84 Å². The van der Waals surface area contributed by atoms with E-state index in [0.717, 1.165) is 29.7 Å². The predicted molar refractivity (Wildman–Crippen MR) is 173 cm³/mol. The van der Waals surface area contributed by atoms with Crippen LogP contribution in [-0.4, -0.2) is 80.2 Å². The molecular formula is C33H39N5O10. The Labute approximate surface area is 275 Å². The van der Waals surface area contributed by atoms with Gasteiger partial charge in [-0.1, -0.05) is 0 Å². The minimum absolute atomic E-state index is 0.0456. The number of hydrogen-bond acceptors (Lipinski definition) is 9. The number of nitrogens with one attached hydrogen (secondary N) is 3. The first-order chi connectivity index (χ1) is 22.8. The van der Waals surface area contributed by atoms with Crippen molar-refractivity contribution in [1.29, 1.82) is 0 Å². The SMILES string of the molecule is COCc1nc2cc3c(cc2c(=O)[nH]1)C(N(c1ccc(C(=O)N[C@@H](CCC(=O)N[C@H](CCC(=O)O)C(=O)O)C(=O)O)cc1)C(C)C)CC3. The maximum absolute atomic E-state index is 13.0. The number of amides is 2. The number of fused-ring (bicyclic) bond motifs is 2. The van der Waals surface area contributed by atoms with Gasteiger partial charge in [-0.2, -0.15) is 0 Å². The molecule has 2 aromatic carbocycles. The van der Waals surface area contributed by atoms with Crippen LogP contribution in [0.4, 0.5) is 5.69 Å². The van der Waals surface area contributed by atoms with Gasteiger partial charge in [-0.15, -0.1) is 0 Å². The molecule has 15 nitrogen and oxygen atoms in total. The van der Waals surface area contributed by atoms with Crippen LogP contribution in [0.1, 0.15) is 79.3 Å². The second kappa shape index (κ2) is 15.5. The molecule has 2 amide bonds. The van der Waals surface area contributed by atoms with Crippen molar-refractivity contribution >= 4 is 46.3 Å². The molecule has 1 unspecified atom stereocenters. The van der Waals surface area contributed by atoms with E-state index in [-0.39, 0.29) is 42.7 Å². The number of carboxylic acid groups (broad SMARTS) is 3. The molecule has 0 fully saturated rings. The summed E-state index contributed by atoms with van der Waals surface area (Å²) in [5, 5.41) is 32.7. The van der Waals surface area contributed by atoms with Crippen LogP contribution in [-0.2, 0) is 36.9 Å². The molecule has 0 bridgehead atoms. The maximum atomic E-state index is 13.0. The number of nitrogens with zero attached hydrogens (tertiary/aromatic N) is 2. The van der Waals surface area contributed by atoms with Crippen LogP contribution in [0, 0.1) is 0 Å². The number of H-pyrrole nitrogens is 1. The summed E-state index contributed by atoms with van der Waals surface area (Å²) in [5.41, 5.74) is 3.51. The number of methoxy groups -OCH3 is 1. The largest absolute Gasteiger partial charge is 0.481 e. The van der Waals surface area contributed by atoms with Crippen LogP contribution in [0.15, 0.2) is 41.2 Å². The van der Waals surface area contributed by atoms with E-state index in [1.165, 1.54) is 7.11 Å². The van der Waals surface area contributed by atoms with Crippen molar-refractivity contribution in [2.75, 3.05) is 12.0 Å². The third-order valence-electron chi connectivity index (χ3n) is 8.21. The van der Waals surface area contributed by atoms with E-state index in [0.29, 0.717) is 16.7 Å². The quantitative estimate of drug-likeness (QED) is 0.130. The molecule has 15 heteroatoms. The number of aromatic nitrogens is 2. The van der Waals surface area contributed by atoms with Gasteiger partial charge in [0, 0.05) is 37.2 Å². The highest BCUT2D eigenvalue weighted by molar-refractivity contribution is 5.97. The third-order valence-corrected chi connectivity index (χ3v) is 8.21. The zero-order valence-corrected chi connectivity index (χ0v) is 26.8. The number of carbonyl (C=O) groups excluding carboxylic acids is 2. The molecule has 3 atom stereocenters. The number of benzene rings is 2. The van der Waals surface area contributed by atoms with E-state index in [1.807, 2.05) is 26.0 Å². The number of hydrogen-bond donors (Lipinski definition) is 6. The molecule has 256 valence electrons. The van der Waals surface area contributed by atoms with E-state index in [9.17, 15) is 39.0 Å². The van der Waals surface area contributed by atoms with E-state index < -0.39 is 54.6 Å². The lowest BCUT2D eigenvalue weighted by atomic mass is 10.0. The van der Waals surface area contributed by atoms with Crippen LogP contribution in [0.25, 0.3) is 10.9 Å². The van der Waals surface area contributed by atoms with Crippen LogP contribution < -0.4 is 21.1 Å². The highest BCUT2D eigenvalue weighted by atomic mass is 16.5. The molecule has 6 N–H and O–H groups in total. The molecule has 0 aliphatic heterocycles. The molecule has 4 rings (SSSR count). The number of ether oxygens (including phenoxy) is 1. The second-order valence-electron chi connectivity index (χ2n) is 11.9. The smallest absolute Gasteiger partial charge is 0.326 e. The Kier molecular flexibility index (Phi) is 11.5. The van der Waals surface area contributed by atoms with Crippen molar-refractivity contribution in [1.82, 2.24) is 20.6 Å². The number of aromatic amines is 1. The lowest BCUT2D eigenvalue weighted by Gasteiger charge is -2.36. The Morgan fingerprint density at radius 3 is 2.23 bits per heavy atom. The van der Waals surface area contributed by atoms with E-state index in [2.05, 4.69) is 25.5 Å². The number of carbonyl (C=O) groups is 5. The van der Waals surface area contributed by atoms with Gasteiger partial charge in [0.1, 0.15) is 24.5 Å². The highest BCUT2D eigenvalue weighted by Crippen LogP contribution is 2.40. The average molecular weight is 666 g/mol. The van der Waals surface area contributed by atoms with Gasteiger partial charge in [0.25, 0.3) is 11.5 Å². The lowest BCUT2D eigenvalue weighted by molar-refractivity contribution is -0.143. The summed E-state index contributed by atoms with van der Waals surface area (Å²) in [7, 11) is 1.53. The average Bonchev–Trinajstić information content (AvgIpc) is 3.42. The van der Waals surface area contributed by atoms with Crippen LogP contribution in [0.2, 0.25) is 0 Å². The summed E-state index contributed by atoms with van der Waals surface area (Å²) >= 11 is 0. The minimum atomic E-state index is -1.44. The van der Waals surface area contributed by atoms with Crippen molar-refractivity contribution in [3.05, 3.63) is 69.3 Å². The summed E-state index contributed by atoms with van der Waals surface area (Å²) in [6, 6.07) is 7.66. The molecule has 1 aliphatic carbocycles. The first-order valence-corrected chi connectivity index (χ1v) is 15.5. The van der Waals surface area contributed by atoms with Gasteiger partial charge in [0.05, 0.1) is 16.9 Å².